The van der Waals surface area contributed by atoms with Gasteiger partial charge < -0.3 is 25.6 Å². The number of aliphatic hydroxyl groups excluding tert-OH is 2. The van der Waals surface area contributed by atoms with Gasteiger partial charge in [-0.25, -0.2) is 0 Å². The van der Waals surface area contributed by atoms with E-state index in [4.69, 9.17) is 10.5 Å². The molecule has 0 aromatic heterocycles. The predicted octanol–water partition coefficient (Wildman–Crippen LogP) is 3.06. The first kappa shape index (κ1) is 22.4. The van der Waals surface area contributed by atoms with Gasteiger partial charge in [0.1, 0.15) is 11.4 Å². The summed E-state index contributed by atoms with van der Waals surface area (Å²) in [5, 5.41) is 20.4. The average Bonchev–Trinajstić information content (AvgIpc) is 3.33. The van der Waals surface area contributed by atoms with E-state index in [2.05, 4.69) is 24.3 Å². The molecule has 176 valence electrons. The van der Waals surface area contributed by atoms with E-state index in [1.54, 1.807) is 0 Å². The number of benzene rings is 2. The van der Waals surface area contributed by atoms with E-state index in [0.29, 0.717) is 23.8 Å². The molecule has 4 N–H and O–H groups in total. The van der Waals surface area contributed by atoms with Crippen molar-refractivity contribution < 1.29 is 19.7 Å². The Kier molecular flexibility index (Phi) is 5.93. The largest absolute Gasteiger partial charge is 0.487 e. The van der Waals surface area contributed by atoms with Crippen molar-refractivity contribution in [2.75, 3.05) is 13.1 Å². The van der Waals surface area contributed by atoms with E-state index < -0.39 is 17.8 Å². The van der Waals surface area contributed by atoms with E-state index >= 15 is 0 Å². The van der Waals surface area contributed by atoms with Gasteiger partial charge >= 0.3 is 0 Å². The number of hydrogen-bond donors (Lipinski definition) is 3. The number of nitrogens with two attached hydrogens (primary N) is 1. The third-order valence-electron chi connectivity index (χ3n) is 8.15. The second-order valence-corrected chi connectivity index (χ2v) is 10.2. The molecule has 1 aliphatic heterocycles. The Hall–Kier alpha value is -2.41. The maximum absolute atomic E-state index is 13.1. The molecule has 2 bridgehead atoms. The van der Waals surface area contributed by atoms with Crippen LogP contribution in [0.3, 0.4) is 0 Å². The second-order valence-electron chi connectivity index (χ2n) is 10.2. The van der Waals surface area contributed by atoms with Crippen LogP contribution in [0.15, 0.2) is 48.5 Å². The molecule has 2 aliphatic carbocycles. The van der Waals surface area contributed by atoms with Crippen LogP contribution in [-0.4, -0.2) is 51.9 Å². The molecule has 1 amide bonds. The Morgan fingerprint density at radius 1 is 1.12 bits per heavy atom. The number of ether oxygens (including phenoxy) is 1. The SMILES string of the molecule is C[C@@]1(Oc2ccc(C(=O)N3CCC(c4cccc(CN)c4)CC3)cc2)CC2CC1[C@H](O)[C@@H]2O. The molecule has 3 aliphatic rings. The van der Waals surface area contributed by atoms with Gasteiger partial charge in [-0.1, -0.05) is 24.3 Å². The van der Waals surface area contributed by atoms with Crippen molar-refractivity contribution in [1.29, 1.82) is 0 Å². The fraction of sp³-hybridized carbons (Fsp3) is 0.519. The van der Waals surface area contributed by atoms with Gasteiger partial charge in [0.2, 0.25) is 0 Å². The van der Waals surface area contributed by atoms with Crippen LogP contribution in [0, 0.1) is 11.8 Å². The summed E-state index contributed by atoms with van der Waals surface area (Å²) in [6.45, 7) is 4.05. The van der Waals surface area contributed by atoms with Crippen LogP contribution < -0.4 is 10.5 Å². The molecular weight excluding hydrogens is 416 g/mol. The minimum Gasteiger partial charge on any atom is -0.487 e. The highest BCUT2D eigenvalue weighted by atomic mass is 16.5. The Morgan fingerprint density at radius 2 is 1.85 bits per heavy atom. The number of fused-ring (bicyclic) bond motifs is 2. The molecule has 0 radical (unpaired) electrons. The Bertz CT molecular complexity index is 999. The van der Waals surface area contributed by atoms with Crippen molar-refractivity contribution in [3.05, 3.63) is 65.2 Å². The number of amides is 1. The molecule has 6 heteroatoms. The molecule has 2 saturated carbocycles. The van der Waals surface area contributed by atoms with Crippen LogP contribution in [0.2, 0.25) is 0 Å². The fourth-order valence-corrected chi connectivity index (χ4v) is 6.23. The number of likely N-dealkylation sites (tertiary alicyclic amines) is 1. The van der Waals surface area contributed by atoms with Gasteiger partial charge in [-0.15, -0.1) is 0 Å². The average molecular weight is 451 g/mol. The Balaban J connectivity index is 1.18. The minimum atomic E-state index is -0.727. The van der Waals surface area contributed by atoms with E-state index in [1.165, 1.54) is 5.56 Å². The van der Waals surface area contributed by atoms with E-state index in [1.807, 2.05) is 36.1 Å². The number of nitrogens with zero attached hydrogens (tertiary/aromatic N) is 1. The van der Waals surface area contributed by atoms with Gasteiger partial charge in [0.15, 0.2) is 0 Å². The lowest BCUT2D eigenvalue weighted by Gasteiger charge is -2.39. The third-order valence-corrected chi connectivity index (χ3v) is 8.15. The molecule has 33 heavy (non-hydrogen) atoms. The maximum Gasteiger partial charge on any atom is 0.253 e. The highest BCUT2D eigenvalue weighted by Crippen LogP contribution is 2.52. The lowest BCUT2D eigenvalue weighted by molar-refractivity contribution is -0.0910. The lowest BCUT2D eigenvalue weighted by Crippen LogP contribution is -2.49. The molecule has 2 aromatic carbocycles. The molecule has 5 rings (SSSR count). The first-order valence-corrected chi connectivity index (χ1v) is 12.1. The number of rotatable bonds is 5. The molecular formula is C27H34N2O4. The van der Waals surface area contributed by atoms with Crippen LogP contribution in [-0.2, 0) is 6.54 Å². The van der Waals surface area contributed by atoms with Crippen LogP contribution in [0.5, 0.6) is 5.75 Å². The summed E-state index contributed by atoms with van der Waals surface area (Å²) in [6.07, 6.45) is 2.07. The van der Waals surface area contributed by atoms with E-state index in [9.17, 15) is 15.0 Å². The Morgan fingerprint density at radius 3 is 2.48 bits per heavy atom. The number of hydrogen-bond acceptors (Lipinski definition) is 5. The van der Waals surface area contributed by atoms with Crippen molar-refractivity contribution in [3.63, 3.8) is 0 Å². The molecule has 1 saturated heterocycles. The van der Waals surface area contributed by atoms with Gasteiger partial charge in [-0.05, 0) is 79.8 Å². The van der Waals surface area contributed by atoms with Gasteiger partial charge in [0.05, 0.1) is 12.2 Å². The smallest absolute Gasteiger partial charge is 0.253 e. The second kappa shape index (κ2) is 8.75. The number of piperidine rings is 1. The molecule has 2 aromatic rings. The summed E-state index contributed by atoms with van der Waals surface area (Å²) in [5.74, 6) is 1.25. The maximum atomic E-state index is 13.1. The normalized spacial score (nSPS) is 31.7. The number of aliphatic hydroxyl groups is 2. The van der Waals surface area contributed by atoms with Gasteiger partial charge in [0.25, 0.3) is 5.91 Å². The summed E-state index contributed by atoms with van der Waals surface area (Å²) in [7, 11) is 0. The summed E-state index contributed by atoms with van der Waals surface area (Å²) < 4.78 is 6.27. The van der Waals surface area contributed by atoms with E-state index in [0.717, 1.165) is 44.3 Å². The summed E-state index contributed by atoms with van der Waals surface area (Å²) >= 11 is 0. The quantitative estimate of drug-likeness (QED) is 0.651. The fourth-order valence-electron chi connectivity index (χ4n) is 6.23. The van der Waals surface area contributed by atoms with Crippen molar-refractivity contribution >= 4 is 5.91 Å². The van der Waals surface area contributed by atoms with Crippen molar-refractivity contribution in [2.45, 2.75) is 62.9 Å². The highest BCUT2D eigenvalue weighted by Gasteiger charge is 2.59. The summed E-state index contributed by atoms with van der Waals surface area (Å²) in [5.41, 5.74) is 8.43. The van der Waals surface area contributed by atoms with Crippen LogP contribution >= 0.6 is 0 Å². The Labute approximate surface area is 195 Å². The molecule has 1 heterocycles. The molecule has 5 atom stereocenters. The summed E-state index contributed by atoms with van der Waals surface area (Å²) in [4.78, 5) is 15.0. The van der Waals surface area contributed by atoms with Crippen LogP contribution in [0.25, 0.3) is 0 Å². The first-order chi connectivity index (χ1) is 15.9. The van der Waals surface area contributed by atoms with Crippen molar-refractivity contribution in [1.82, 2.24) is 4.90 Å². The van der Waals surface area contributed by atoms with Crippen molar-refractivity contribution in [3.8, 4) is 5.75 Å². The minimum absolute atomic E-state index is 0.0559. The monoisotopic (exact) mass is 450 g/mol. The van der Waals surface area contributed by atoms with Gasteiger partial charge in [-0.3, -0.25) is 4.79 Å². The number of carbonyl (C=O) groups is 1. The highest BCUT2D eigenvalue weighted by molar-refractivity contribution is 5.94. The van der Waals surface area contributed by atoms with E-state index in [-0.39, 0.29) is 17.7 Å². The van der Waals surface area contributed by atoms with Gasteiger partial charge in [0, 0.05) is 31.1 Å². The molecule has 6 nitrogen and oxygen atoms in total. The molecule has 2 unspecified atom stereocenters. The van der Waals surface area contributed by atoms with Crippen molar-refractivity contribution in [2.24, 2.45) is 17.6 Å². The number of carbonyl (C=O) groups excluding carboxylic acids is 1. The standard InChI is InChI=1S/C27H34N2O4/c1-27(15-21-14-23(27)25(31)24(21)30)33-22-7-5-19(6-8-22)26(32)29-11-9-18(10-12-29)20-4-2-3-17(13-20)16-28/h2-8,13,18,21,23-25,30-31H,9-12,14-16,28H2,1H3/t21?,23?,24-,25+,27-/m1/s1. The molecule has 3 fully saturated rings. The third kappa shape index (κ3) is 4.16. The summed E-state index contributed by atoms with van der Waals surface area (Å²) in [6, 6.07) is 15.8. The van der Waals surface area contributed by atoms with Gasteiger partial charge in [-0.2, -0.15) is 0 Å². The zero-order valence-electron chi connectivity index (χ0n) is 19.2. The molecule has 0 spiro atoms. The topological polar surface area (TPSA) is 96.0 Å². The first-order valence-electron chi connectivity index (χ1n) is 12.1. The van der Waals surface area contributed by atoms with Crippen LogP contribution in [0.1, 0.15) is 60.0 Å². The zero-order chi connectivity index (χ0) is 23.2. The predicted molar refractivity (Wildman–Crippen MR) is 126 cm³/mol. The van der Waals surface area contributed by atoms with Crippen LogP contribution in [0.4, 0.5) is 0 Å². The zero-order valence-corrected chi connectivity index (χ0v) is 19.2. The lowest BCUT2D eigenvalue weighted by atomic mass is 9.82.